The van der Waals surface area contributed by atoms with Gasteiger partial charge in [0.05, 0.1) is 26.4 Å². The molecule has 0 saturated carbocycles. The predicted molar refractivity (Wildman–Crippen MR) is 418 cm³/mol. The number of aliphatic hydroxyl groups is 1. The van der Waals surface area contributed by atoms with Crippen LogP contribution in [0.25, 0.3) is 0 Å². The highest BCUT2D eigenvalue weighted by Crippen LogP contribution is 2.45. The zero-order valence-electron chi connectivity index (χ0n) is 67.1. The summed E-state index contributed by atoms with van der Waals surface area (Å²) in [4.78, 5) is 73.1. The third-order valence-electron chi connectivity index (χ3n) is 19.7. The first-order valence-corrected chi connectivity index (χ1v) is 45.9. The van der Waals surface area contributed by atoms with Crippen LogP contribution >= 0.6 is 15.6 Å². The first kappa shape index (κ1) is 100. The fraction of sp³-hybridized carbons (Fsp3) is 0.952. The van der Waals surface area contributed by atoms with Crippen molar-refractivity contribution in [3.8, 4) is 0 Å². The number of hydrogen-bond acceptors (Lipinski definition) is 15. The first-order valence-electron chi connectivity index (χ1n) is 42.9. The zero-order valence-corrected chi connectivity index (χ0v) is 68.9. The summed E-state index contributed by atoms with van der Waals surface area (Å²) >= 11 is 0. The highest BCUT2D eigenvalue weighted by atomic mass is 31.2. The van der Waals surface area contributed by atoms with Gasteiger partial charge in [-0.3, -0.25) is 37.3 Å². The summed E-state index contributed by atoms with van der Waals surface area (Å²) in [5.41, 5.74) is 0. The third-order valence-corrected chi connectivity index (χ3v) is 21.6. The predicted octanol–water partition coefficient (Wildman–Crippen LogP) is 24.9. The van der Waals surface area contributed by atoms with Crippen LogP contribution in [0, 0.1) is 17.8 Å². The Morgan fingerprint density at radius 2 is 0.500 bits per heavy atom. The van der Waals surface area contributed by atoms with Crippen LogP contribution in [0.5, 0.6) is 0 Å². The van der Waals surface area contributed by atoms with Crippen molar-refractivity contribution in [3.05, 3.63) is 0 Å². The van der Waals surface area contributed by atoms with Gasteiger partial charge in [-0.15, -0.1) is 0 Å². The second-order valence-corrected chi connectivity index (χ2v) is 34.0. The smallest absolute Gasteiger partial charge is 0.462 e. The van der Waals surface area contributed by atoms with Gasteiger partial charge in [0.1, 0.15) is 19.3 Å². The first-order chi connectivity index (χ1) is 49.3. The molecule has 606 valence electrons. The van der Waals surface area contributed by atoms with Gasteiger partial charge in [0.15, 0.2) is 12.2 Å². The van der Waals surface area contributed by atoms with Gasteiger partial charge < -0.3 is 33.8 Å². The Bertz CT molecular complexity index is 1980. The molecule has 6 atom stereocenters. The van der Waals surface area contributed by atoms with Crippen LogP contribution in [0.1, 0.15) is 434 Å². The highest BCUT2D eigenvalue weighted by molar-refractivity contribution is 7.47. The summed E-state index contributed by atoms with van der Waals surface area (Å²) in [6, 6.07) is 0. The molecular weight excluding hydrogens is 1330 g/mol. The zero-order chi connectivity index (χ0) is 75.1. The minimum Gasteiger partial charge on any atom is -0.462 e. The molecule has 3 N–H and O–H groups in total. The number of aliphatic hydroxyl groups excluding tert-OH is 1. The minimum absolute atomic E-state index is 0.107. The number of esters is 4. The van der Waals surface area contributed by atoms with Gasteiger partial charge in [-0.2, -0.15) is 0 Å². The second kappa shape index (κ2) is 73.2. The molecule has 0 saturated heterocycles. The quantitative estimate of drug-likeness (QED) is 0.0222. The van der Waals surface area contributed by atoms with E-state index in [1.807, 2.05) is 0 Å². The number of phosphoric ester groups is 2. The van der Waals surface area contributed by atoms with Gasteiger partial charge >= 0.3 is 39.5 Å². The molecule has 3 unspecified atom stereocenters. The molecule has 0 rings (SSSR count). The van der Waals surface area contributed by atoms with Crippen LogP contribution in [0.15, 0.2) is 0 Å². The van der Waals surface area contributed by atoms with Crippen molar-refractivity contribution >= 4 is 39.5 Å². The Hall–Kier alpha value is -1.94. The number of phosphoric acid groups is 2. The molecule has 19 heteroatoms. The molecule has 0 aliphatic heterocycles. The van der Waals surface area contributed by atoms with Crippen LogP contribution in [0.3, 0.4) is 0 Å². The van der Waals surface area contributed by atoms with Crippen LogP contribution in [0.2, 0.25) is 0 Å². The Morgan fingerprint density at radius 1 is 0.284 bits per heavy atom. The van der Waals surface area contributed by atoms with Crippen molar-refractivity contribution in [2.24, 2.45) is 17.8 Å². The lowest BCUT2D eigenvalue weighted by atomic mass is 9.99. The topological polar surface area (TPSA) is 237 Å². The largest absolute Gasteiger partial charge is 0.472 e. The molecule has 17 nitrogen and oxygen atoms in total. The number of carbonyl (C=O) groups excluding carboxylic acids is 4. The fourth-order valence-electron chi connectivity index (χ4n) is 12.8. The summed E-state index contributed by atoms with van der Waals surface area (Å²) in [6.07, 6.45) is 62.5. The summed E-state index contributed by atoms with van der Waals surface area (Å²) in [5, 5.41) is 10.7. The average Bonchev–Trinajstić information content (AvgIpc) is 0.912. The van der Waals surface area contributed by atoms with Crippen LogP contribution in [0.4, 0.5) is 0 Å². The van der Waals surface area contributed by atoms with Crippen molar-refractivity contribution < 1.29 is 80.2 Å². The van der Waals surface area contributed by atoms with E-state index in [9.17, 15) is 43.2 Å². The van der Waals surface area contributed by atoms with Gasteiger partial charge in [0.25, 0.3) is 0 Å². The van der Waals surface area contributed by atoms with Crippen LogP contribution in [-0.2, 0) is 65.4 Å². The normalized spacial score (nSPS) is 14.2. The molecule has 0 aliphatic rings. The van der Waals surface area contributed by atoms with E-state index in [-0.39, 0.29) is 25.7 Å². The van der Waals surface area contributed by atoms with Crippen LogP contribution < -0.4 is 0 Å². The molecule has 102 heavy (non-hydrogen) atoms. The lowest BCUT2D eigenvalue weighted by molar-refractivity contribution is -0.161. The van der Waals surface area contributed by atoms with Gasteiger partial charge in [0.2, 0.25) is 0 Å². The number of hydrogen-bond donors (Lipinski definition) is 3. The Balaban J connectivity index is 5.22. The molecule has 0 aromatic heterocycles. The van der Waals surface area contributed by atoms with E-state index in [2.05, 4.69) is 48.5 Å². The second-order valence-electron chi connectivity index (χ2n) is 31.1. The lowest BCUT2D eigenvalue weighted by Gasteiger charge is -2.21. The molecule has 0 spiro atoms. The molecular formula is C83H162O17P2. The average molecular weight is 1490 g/mol. The van der Waals surface area contributed by atoms with E-state index < -0.39 is 97.5 Å². The summed E-state index contributed by atoms with van der Waals surface area (Å²) < 4.78 is 68.8. The van der Waals surface area contributed by atoms with Crippen molar-refractivity contribution in [2.75, 3.05) is 39.6 Å². The SMILES string of the molecule is CCCCCCCCCCCCCCCCC(=O)O[C@H](COC(=O)CCCCCCCCCC(C)C)COP(=O)(O)OC[C@H](O)COP(=O)(O)OC[C@@H](COC(=O)CCCCCCCCCCCCCCCC(C)C)OC(=O)CCCCCCCCCCCCCCCCCCCCC(C)CC. The van der Waals surface area contributed by atoms with Crippen LogP contribution in [-0.4, -0.2) is 96.7 Å². The Labute approximate surface area is 626 Å². The van der Waals surface area contributed by atoms with Crippen molar-refractivity contribution in [2.45, 2.75) is 452 Å². The van der Waals surface area contributed by atoms with Crippen molar-refractivity contribution in [1.82, 2.24) is 0 Å². The standard InChI is InChI=1S/C83H162O17P2/c1-8-10-11-12-13-14-15-16-26-32-37-44-52-59-66-83(88)100-79(71-94-81(86)65-58-51-46-39-41-48-55-62-75(5)6)73-98-102(91,92)96-69-77(84)68-95-101(89,90)97-72-78(70-93-80(85)64-57-50-43-36-31-28-23-24-29-34-40-47-54-61-74(3)4)99-82(87)67-60-53-45-38-33-27-22-20-18-17-19-21-25-30-35-42-49-56-63-76(7)9-2/h74-79,84H,8-73H2,1-7H3,(H,89,90)(H,91,92)/t76?,77-,78-,79-/m1/s1. The molecule has 0 aromatic rings. The van der Waals surface area contributed by atoms with E-state index >= 15 is 0 Å². The maximum Gasteiger partial charge on any atom is 0.472 e. The van der Waals surface area contributed by atoms with Crippen molar-refractivity contribution in [1.29, 1.82) is 0 Å². The summed E-state index contributed by atoms with van der Waals surface area (Å²) in [5.74, 6) is 0.259. The highest BCUT2D eigenvalue weighted by Gasteiger charge is 2.30. The Morgan fingerprint density at radius 3 is 0.745 bits per heavy atom. The number of ether oxygens (including phenoxy) is 4. The number of rotatable bonds is 81. The third kappa shape index (κ3) is 74.9. The van der Waals surface area contributed by atoms with E-state index in [0.717, 1.165) is 108 Å². The monoisotopic (exact) mass is 1490 g/mol. The Kier molecular flexibility index (Phi) is 71.8. The van der Waals surface area contributed by atoms with Gasteiger partial charge in [0, 0.05) is 25.7 Å². The van der Waals surface area contributed by atoms with Gasteiger partial charge in [-0.25, -0.2) is 9.13 Å². The molecule has 0 aliphatic carbocycles. The van der Waals surface area contributed by atoms with E-state index in [0.29, 0.717) is 31.6 Å². The van der Waals surface area contributed by atoms with Crippen molar-refractivity contribution in [3.63, 3.8) is 0 Å². The lowest BCUT2D eigenvalue weighted by Crippen LogP contribution is -2.30. The summed E-state index contributed by atoms with van der Waals surface area (Å²) in [6.45, 7) is 12.0. The molecule has 0 heterocycles. The van der Waals surface area contributed by atoms with E-state index in [4.69, 9.17) is 37.0 Å². The molecule has 0 amide bonds. The molecule has 0 aromatic carbocycles. The van der Waals surface area contributed by atoms with Gasteiger partial charge in [-0.05, 0) is 43.4 Å². The summed E-state index contributed by atoms with van der Waals surface area (Å²) in [7, 11) is -9.92. The van der Waals surface area contributed by atoms with E-state index in [1.54, 1.807) is 0 Å². The maximum absolute atomic E-state index is 13.1. The molecule has 0 radical (unpaired) electrons. The number of carbonyl (C=O) groups is 4. The molecule has 0 bridgehead atoms. The number of unbranched alkanes of at least 4 members (excludes halogenated alkanes) is 48. The molecule has 0 fully saturated rings. The maximum atomic E-state index is 13.1. The minimum atomic E-state index is -4.96. The van der Waals surface area contributed by atoms with Gasteiger partial charge in [-0.1, -0.05) is 382 Å². The van der Waals surface area contributed by atoms with E-state index in [1.165, 1.54) is 238 Å². The fourth-order valence-corrected chi connectivity index (χ4v) is 14.4.